The molecule has 1 saturated heterocycles. The van der Waals surface area contributed by atoms with Crippen molar-refractivity contribution in [3.63, 3.8) is 0 Å². The molecule has 106 valence electrons. The van der Waals surface area contributed by atoms with Gasteiger partial charge >= 0.3 is 0 Å². The summed E-state index contributed by atoms with van der Waals surface area (Å²) in [6.45, 7) is 1.02. The Morgan fingerprint density at radius 3 is 2.71 bits per heavy atom. The molecule has 1 aliphatic rings. The molecule has 4 rings (SSSR count). The molecular weight excluding hydrogens is 286 g/mol. The smallest absolute Gasteiger partial charge is 0.178 e. The summed E-state index contributed by atoms with van der Waals surface area (Å²) in [5, 5.41) is 17.3. The lowest BCUT2D eigenvalue weighted by Crippen LogP contribution is -2.16. The number of fused-ring (bicyclic) bond motifs is 1. The lowest BCUT2D eigenvalue weighted by atomic mass is 10.1. The summed E-state index contributed by atoms with van der Waals surface area (Å²) in [7, 11) is 0. The summed E-state index contributed by atoms with van der Waals surface area (Å²) < 4.78 is 1.84. The van der Waals surface area contributed by atoms with Gasteiger partial charge in [-0.2, -0.15) is 9.61 Å². The Labute approximate surface area is 127 Å². The van der Waals surface area contributed by atoms with Gasteiger partial charge in [0.2, 0.25) is 0 Å². The SMILES string of the molecule is Clc1ccc(-c2ccc3nnc([C@H]4CCCN4)n3n2)cc1. The molecule has 0 aliphatic carbocycles. The van der Waals surface area contributed by atoms with Crippen molar-refractivity contribution < 1.29 is 0 Å². The van der Waals surface area contributed by atoms with E-state index in [2.05, 4.69) is 20.6 Å². The molecule has 5 nitrogen and oxygen atoms in total. The molecule has 1 aromatic carbocycles. The molecule has 1 atom stereocenters. The number of nitrogens with one attached hydrogen (secondary N) is 1. The number of hydrogen-bond acceptors (Lipinski definition) is 4. The van der Waals surface area contributed by atoms with Crippen LogP contribution in [0.1, 0.15) is 24.7 Å². The molecule has 3 heterocycles. The van der Waals surface area contributed by atoms with E-state index in [9.17, 15) is 0 Å². The van der Waals surface area contributed by atoms with E-state index >= 15 is 0 Å². The van der Waals surface area contributed by atoms with Crippen LogP contribution in [0.4, 0.5) is 0 Å². The number of rotatable bonds is 2. The van der Waals surface area contributed by atoms with Gasteiger partial charge in [-0.3, -0.25) is 0 Å². The van der Waals surface area contributed by atoms with Crippen molar-refractivity contribution >= 4 is 17.2 Å². The van der Waals surface area contributed by atoms with Crippen LogP contribution in [0.3, 0.4) is 0 Å². The quantitative estimate of drug-likeness (QED) is 0.790. The minimum atomic E-state index is 0.243. The van der Waals surface area contributed by atoms with Crippen LogP contribution in [0.2, 0.25) is 5.02 Å². The first-order chi connectivity index (χ1) is 10.3. The molecule has 0 amide bonds. The third kappa shape index (κ3) is 2.28. The third-order valence-electron chi connectivity index (χ3n) is 3.80. The molecule has 1 N–H and O–H groups in total. The third-order valence-corrected chi connectivity index (χ3v) is 4.05. The Bertz CT molecular complexity index is 774. The number of aromatic nitrogens is 4. The van der Waals surface area contributed by atoms with Gasteiger partial charge in [0.1, 0.15) is 0 Å². The van der Waals surface area contributed by atoms with Crippen LogP contribution in [0.25, 0.3) is 16.9 Å². The first-order valence-electron chi connectivity index (χ1n) is 7.03. The lowest BCUT2D eigenvalue weighted by Gasteiger charge is -2.08. The number of halogens is 1. The lowest BCUT2D eigenvalue weighted by molar-refractivity contribution is 0.585. The monoisotopic (exact) mass is 299 g/mol. The van der Waals surface area contributed by atoms with Crippen molar-refractivity contribution in [1.29, 1.82) is 0 Å². The van der Waals surface area contributed by atoms with Crippen LogP contribution < -0.4 is 5.32 Å². The highest BCUT2D eigenvalue weighted by molar-refractivity contribution is 6.30. The molecule has 1 fully saturated rings. The van der Waals surface area contributed by atoms with Crippen LogP contribution in [0.15, 0.2) is 36.4 Å². The highest BCUT2D eigenvalue weighted by Gasteiger charge is 2.22. The van der Waals surface area contributed by atoms with E-state index in [-0.39, 0.29) is 6.04 Å². The normalized spacial score (nSPS) is 18.4. The van der Waals surface area contributed by atoms with Gasteiger partial charge < -0.3 is 5.32 Å². The summed E-state index contributed by atoms with van der Waals surface area (Å²) in [5.41, 5.74) is 2.69. The van der Waals surface area contributed by atoms with E-state index in [1.165, 1.54) is 0 Å². The van der Waals surface area contributed by atoms with Gasteiger partial charge in [0.15, 0.2) is 11.5 Å². The van der Waals surface area contributed by atoms with E-state index in [1.807, 2.05) is 40.9 Å². The van der Waals surface area contributed by atoms with Crippen molar-refractivity contribution in [3.8, 4) is 11.3 Å². The maximum absolute atomic E-state index is 5.93. The molecule has 3 aromatic rings. The maximum atomic E-state index is 5.93. The highest BCUT2D eigenvalue weighted by atomic mass is 35.5. The average molecular weight is 300 g/mol. The van der Waals surface area contributed by atoms with Gasteiger partial charge in [-0.25, -0.2) is 0 Å². The van der Waals surface area contributed by atoms with E-state index in [1.54, 1.807) is 0 Å². The van der Waals surface area contributed by atoms with Crippen LogP contribution in [-0.4, -0.2) is 26.4 Å². The number of nitrogens with zero attached hydrogens (tertiary/aromatic N) is 4. The summed E-state index contributed by atoms with van der Waals surface area (Å²) >= 11 is 5.93. The predicted octanol–water partition coefficient (Wildman–Crippen LogP) is 2.87. The zero-order chi connectivity index (χ0) is 14.2. The molecule has 1 aliphatic heterocycles. The van der Waals surface area contributed by atoms with E-state index in [0.717, 1.165) is 47.1 Å². The molecular formula is C15H14ClN5. The summed E-state index contributed by atoms with van der Waals surface area (Å²) in [5.74, 6) is 0.887. The largest absolute Gasteiger partial charge is 0.307 e. The maximum Gasteiger partial charge on any atom is 0.178 e. The van der Waals surface area contributed by atoms with Gasteiger partial charge in [0, 0.05) is 10.6 Å². The second-order valence-electron chi connectivity index (χ2n) is 5.20. The average Bonchev–Trinajstić information content (AvgIpc) is 3.16. The van der Waals surface area contributed by atoms with Crippen molar-refractivity contribution in [2.75, 3.05) is 6.54 Å². The Morgan fingerprint density at radius 1 is 1.10 bits per heavy atom. The predicted molar refractivity (Wildman–Crippen MR) is 81.2 cm³/mol. The van der Waals surface area contributed by atoms with Crippen LogP contribution in [0.5, 0.6) is 0 Å². The van der Waals surface area contributed by atoms with Crippen LogP contribution >= 0.6 is 11.6 Å². The van der Waals surface area contributed by atoms with Crippen molar-refractivity contribution in [2.45, 2.75) is 18.9 Å². The molecule has 0 spiro atoms. The van der Waals surface area contributed by atoms with Crippen molar-refractivity contribution in [2.24, 2.45) is 0 Å². The molecule has 0 radical (unpaired) electrons. The molecule has 6 heteroatoms. The number of benzene rings is 1. The molecule has 0 bridgehead atoms. The van der Waals surface area contributed by atoms with E-state index in [0.29, 0.717) is 0 Å². The summed E-state index contributed by atoms with van der Waals surface area (Å²) in [6.07, 6.45) is 2.24. The Kier molecular flexibility index (Phi) is 3.09. The fourth-order valence-electron chi connectivity index (χ4n) is 2.70. The fourth-order valence-corrected chi connectivity index (χ4v) is 2.83. The van der Waals surface area contributed by atoms with E-state index in [4.69, 9.17) is 11.6 Å². The number of hydrogen-bond donors (Lipinski definition) is 1. The topological polar surface area (TPSA) is 55.1 Å². The zero-order valence-corrected chi connectivity index (χ0v) is 12.1. The van der Waals surface area contributed by atoms with E-state index < -0.39 is 0 Å². The second-order valence-corrected chi connectivity index (χ2v) is 5.64. The van der Waals surface area contributed by atoms with Gasteiger partial charge in [-0.15, -0.1) is 10.2 Å². The van der Waals surface area contributed by atoms with Gasteiger partial charge in [-0.05, 0) is 43.7 Å². The minimum absolute atomic E-state index is 0.243. The van der Waals surface area contributed by atoms with Crippen LogP contribution in [0, 0.1) is 0 Å². The minimum Gasteiger partial charge on any atom is -0.307 e. The van der Waals surface area contributed by atoms with Crippen molar-refractivity contribution in [3.05, 3.63) is 47.2 Å². The Hall–Kier alpha value is -1.98. The molecule has 2 aromatic heterocycles. The van der Waals surface area contributed by atoms with Crippen molar-refractivity contribution in [1.82, 2.24) is 25.1 Å². The summed E-state index contributed by atoms with van der Waals surface area (Å²) in [6, 6.07) is 11.8. The highest BCUT2D eigenvalue weighted by Crippen LogP contribution is 2.24. The molecule has 0 saturated carbocycles. The van der Waals surface area contributed by atoms with Crippen LogP contribution in [-0.2, 0) is 0 Å². The van der Waals surface area contributed by atoms with Gasteiger partial charge in [-0.1, -0.05) is 23.7 Å². The molecule has 0 unspecified atom stereocenters. The van der Waals surface area contributed by atoms with Gasteiger partial charge in [0.05, 0.1) is 11.7 Å². The fraction of sp³-hybridized carbons (Fsp3) is 0.267. The Morgan fingerprint density at radius 2 is 1.95 bits per heavy atom. The standard InChI is InChI=1S/C15H14ClN5/c16-11-5-3-10(4-6-11)12-7-8-14-18-19-15(21(14)20-12)13-2-1-9-17-13/h3-8,13,17H,1-2,9H2/t13-/m1/s1. The van der Waals surface area contributed by atoms with Gasteiger partial charge in [0.25, 0.3) is 0 Å². The first-order valence-corrected chi connectivity index (χ1v) is 7.41. The summed E-state index contributed by atoms with van der Waals surface area (Å²) in [4.78, 5) is 0. The zero-order valence-electron chi connectivity index (χ0n) is 11.3. The first kappa shape index (κ1) is 12.7. The second kappa shape index (κ2) is 5.09. The Balaban J connectivity index is 1.80. The molecule has 21 heavy (non-hydrogen) atoms.